The summed E-state index contributed by atoms with van der Waals surface area (Å²) in [7, 11) is 0. The van der Waals surface area contributed by atoms with Crippen molar-refractivity contribution in [1.29, 1.82) is 0 Å². The van der Waals surface area contributed by atoms with E-state index in [-0.39, 0.29) is 6.10 Å². The summed E-state index contributed by atoms with van der Waals surface area (Å²) >= 11 is 0. The van der Waals surface area contributed by atoms with Crippen LogP contribution in [0.15, 0.2) is 24.3 Å². The Morgan fingerprint density at radius 2 is 2.00 bits per heavy atom. The van der Waals surface area contributed by atoms with Crippen LogP contribution in [-0.4, -0.2) is 19.2 Å². The molecule has 1 N–H and O–H groups in total. The van der Waals surface area contributed by atoms with E-state index in [0.717, 1.165) is 31.4 Å². The van der Waals surface area contributed by atoms with E-state index < -0.39 is 0 Å². The fourth-order valence-corrected chi connectivity index (χ4v) is 3.65. The Bertz CT molecular complexity index is 445. The molecule has 1 aromatic carbocycles. The predicted molar refractivity (Wildman–Crippen MR) is 82.8 cm³/mol. The lowest BCUT2D eigenvalue weighted by atomic mass is 9.79. The van der Waals surface area contributed by atoms with E-state index in [2.05, 4.69) is 43.4 Å². The van der Waals surface area contributed by atoms with Crippen LogP contribution >= 0.6 is 0 Å². The zero-order valence-corrected chi connectivity index (χ0v) is 12.8. The predicted octanol–water partition coefficient (Wildman–Crippen LogP) is 3.71. The highest BCUT2D eigenvalue weighted by Gasteiger charge is 2.26. The smallest absolute Gasteiger partial charge is 0.0952 e. The number of fused-ring (bicyclic) bond motifs is 1. The first kappa shape index (κ1) is 14.1. The largest absolute Gasteiger partial charge is 0.372 e. The van der Waals surface area contributed by atoms with E-state index in [1.807, 2.05) is 0 Å². The summed E-state index contributed by atoms with van der Waals surface area (Å²) < 4.78 is 5.98. The molecule has 1 aliphatic carbocycles. The van der Waals surface area contributed by atoms with Gasteiger partial charge in [0.1, 0.15) is 0 Å². The average Bonchev–Trinajstić information content (AvgIpc) is 2.48. The van der Waals surface area contributed by atoms with Crippen molar-refractivity contribution in [2.75, 3.05) is 13.2 Å². The summed E-state index contributed by atoms with van der Waals surface area (Å²) in [5.41, 5.74) is 2.86. The van der Waals surface area contributed by atoms with Gasteiger partial charge in [0.2, 0.25) is 0 Å². The minimum absolute atomic E-state index is 0.245. The molecule has 0 saturated heterocycles. The van der Waals surface area contributed by atoms with Crippen molar-refractivity contribution in [2.45, 2.75) is 51.7 Å². The molecule has 0 radical (unpaired) electrons. The second-order valence-corrected chi connectivity index (χ2v) is 6.68. The monoisotopic (exact) mass is 273 g/mol. The molecule has 0 amide bonds. The van der Waals surface area contributed by atoms with Gasteiger partial charge in [0.25, 0.3) is 0 Å². The minimum atomic E-state index is 0.245. The third-order valence-electron chi connectivity index (χ3n) is 5.28. The van der Waals surface area contributed by atoms with E-state index in [1.54, 1.807) is 0 Å². The van der Waals surface area contributed by atoms with Gasteiger partial charge in [0, 0.05) is 12.6 Å². The minimum Gasteiger partial charge on any atom is -0.372 e. The Morgan fingerprint density at radius 3 is 2.85 bits per heavy atom. The number of rotatable bonds is 3. The van der Waals surface area contributed by atoms with Gasteiger partial charge in [-0.25, -0.2) is 0 Å². The zero-order chi connectivity index (χ0) is 13.9. The summed E-state index contributed by atoms with van der Waals surface area (Å²) in [6, 6.07) is 9.42. The quantitative estimate of drug-likeness (QED) is 0.906. The van der Waals surface area contributed by atoms with Crippen LogP contribution in [-0.2, 0) is 11.2 Å². The van der Waals surface area contributed by atoms with E-state index in [1.165, 1.54) is 30.4 Å². The maximum Gasteiger partial charge on any atom is 0.0952 e. The Hall–Kier alpha value is -0.860. The second kappa shape index (κ2) is 6.28. The van der Waals surface area contributed by atoms with E-state index in [9.17, 15) is 0 Å². The number of hydrogen-bond acceptors (Lipinski definition) is 2. The van der Waals surface area contributed by atoms with Gasteiger partial charge in [-0.3, -0.25) is 0 Å². The van der Waals surface area contributed by atoms with Crippen molar-refractivity contribution in [3.8, 4) is 0 Å². The van der Waals surface area contributed by atoms with Crippen LogP contribution in [0.4, 0.5) is 0 Å². The third-order valence-corrected chi connectivity index (χ3v) is 5.28. The van der Waals surface area contributed by atoms with Crippen molar-refractivity contribution in [1.82, 2.24) is 5.32 Å². The molecule has 2 aliphatic rings. The summed E-state index contributed by atoms with van der Waals surface area (Å²) in [5, 5.41) is 3.76. The topological polar surface area (TPSA) is 21.3 Å². The summed E-state index contributed by atoms with van der Waals surface area (Å²) in [5.74, 6) is 1.74. The molecule has 1 fully saturated rings. The SMILES string of the molecule is CC1CCC(NCC2OCCc3ccccc32)CC1C. The first-order valence-corrected chi connectivity index (χ1v) is 8.17. The van der Waals surface area contributed by atoms with Crippen LogP contribution in [0.1, 0.15) is 50.3 Å². The standard InChI is InChI=1S/C18H27NO/c1-13-7-8-16(11-14(13)2)19-12-18-17-6-4-3-5-15(17)9-10-20-18/h3-6,13-14,16,18-19H,7-12H2,1-2H3. The van der Waals surface area contributed by atoms with Crippen molar-refractivity contribution >= 4 is 0 Å². The van der Waals surface area contributed by atoms with E-state index in [0.29, 0.717) is 6.04 Å². The van der Waals surface area contributed by atoms with Crippen molar-refractivity contribution in [3.05, 3.63) is 35.4 Å². The molecule has 0 bridgehead atoms. The van der Waals surface area contributed by atoms with E-state index >= 15 is 0 Å². The Kier molecular flexibility index (Phi) is 4.42. The molecule has 2 heteroatoms. The van der Waals surface area contributed by atoms with Gasteiger partial charge in [0.05, 0.1) is 12.7 Å². The second-order valence-electron chi connectivity index (χ2n) is 6.68. The van der Waals surface area contributed by atoms with E-state index in [4.69, 9.17) is 4.74 Å². The zero-order valence-electron chi connectivity index (χ0n) is 12.8. The number of benzene rings is 1. The van der Waals surface area contributed by atoms with Crippen LogP contribution in [0.2, 0.25) is 0 Å². The van der Waals surface area contributed by atoms with Gasteiger partial charge in [0.15, 0.2) is 0 Å². The van der Waals surface area contributed by atoms with Crippen LogP contribution in [0, 0.1) is 11.8 Å². The van der Waals surface area contributed by atoms with Crippen molar-refractivity contribution < 1.29 is 4.74 Å². The van der Waals surface area contributed by atoms with Crippen molar-refractivity contribution in [2.24, 2.45) is 11.8 Å². The first-order valence-electron chi connectivity index (χ1n) is 8.17. The maximum absolute atomic E-state index is 5.98. The van der Waals surface area contributed by atoms with Crippen LogP contribution in [0.3, 0.4) is 0 Å². The molecule has 110 valence electrons. The van der Waals surface area contributed by atoms with Crippen LogP contribution in [0.25, 0.3) is 0 Å². The summed E-state index contributed by atoms with van der Waals surface area (Å²) in [6.07, 6.45) is 5.30. The first-order chi connectivity index (χ1) is 9.74. The van der Waals surface area contributed by atoms with Gasteiger partial charge >= 0.3 is 0 Å². The molecular weight excluding hydrogens is 246 g/mol. The summed E-state index contributed by atoms with van der Waals surface area (Å²) in [4.78, 5) is 0. The highest BCUT2D eigenvalue weighted by molar-refractivity contribution is 5.31. The van der Waals surface area contributed by atoms with Gasteiger partial charge in [-0.2, -0.15) is 0 Å². The Morgan fingerprint density at radius 1 is 1.15 bits per heavy atom. The normalized spacial score (nSPS) is 33.7. The average molecular weight is 273 g/mol. The number of nitrogens with one attached hydrogen (secondary N) is 1. The molecule has 1 heterocycles. The molecule has 4 unspecified atom stereocenters. The number of ether oxygens (including phenoxy) is 1. The molecule has 0 aromatic heterocycles. The molecule has 1 aromatic rings. The molecule has 20 heavy (non-hydrogen) atoms. The van der Waals surface area contributed by atoms with Crippen molar-refractivity contribution in [3.63, 3.8) is 0 Å². The van der Waals surface area contributed by atoms with Gasteiger partial charge in [-0.1, -0.05) is 38.1 Å². The molecule has 1 aliphatic heterocycles. The lowest BCUT2D eigenvalue weighted by molar-refractivity contribution is 0.0384. The maximum atomic E-state index is 5.98. The van der Waals surface area contributed by atoms with Gasteiger partial charge in [-0.05, 0) is 48.6 Å². The van der Waals surface area contributed by atoms with Gasteiger partial charge in [-0.15, -0.1) is 0 Å². The Labute approximate surface area is 122 Å². The highest BCUT2D eigenvalue weighted by atomic mass is 16.5. The fourth-order valence-electron chi connectivity index (χ4n) is 3.65. The van der Waals surface area contributed by atoms with Gasteiger partial charge < -0.3 is 10.1 Å². The third kappa shape index (κ3) is 3.07. The molecule has 4 atom stereocenters. The molecule has 2 nitrogen and oxygen atoms in total. The Balaban J connectivity index is 1.57. The number of hydrogen-bond donors (Lipinski definition) is 1. The molecular formula is C18H27NO. The molecule has 3 rings (SSSR count). The van der Waals surface area contributed by atoms with Crippen LogP contribution < -0.4 is 5.32 Å². The fraction of sp³-hybridized carbons (Fsp3) is 0.667. The summed E-state index contributed by atoms with van der Waals surface area (Å²) in [6.45, 7) is 6.61. The lowest BCUT2D eigenvalue weighted by Gasteiger charge is -2.34. The highest BCUT2D eigenvalue weighted by Crippen LogP contribution is 2.30. The van der Waals surface area contributed by atoms with Crippen LogP contribution in [0.5, 0.6) is 0 Å². The molecule has 1 saturated carbocycles. The lowest BCUT2D eigenvalue weighted by Crippen LogP contribution is -2.39. The molecule has 0 spiro atoms.